The normalized spacial score (nSPS) is 12.3. The van der Waals surface area contributed by atoms with Crippen molar-refractivity contribution < 1.29 is 8.42 Å². The molecule has 0 fully saturated rings. The summed E-state index contributed by atoms with van der Waals surface area (Å²) >= 11 is 6.85. The molecule has 0 aliphatic heterocycles. The predicted molar refractivity (Wildman–Crippen MR) is 112 cm³/mol. The minimum atomic E-state index is -3.64. The van der Waals surface area contributed by atoms with Crippen molar-refractivity contribution in [2.75, 3.05) is 0 Å². The number of rotatable bonds is 6. The summed E-state index contributed by atoms with van der Waals surface area (Å²) < 4.78 is 28.4. The number of hydrogen-bond donors (Lipinski definition) is 0. The summed E-state index contributed by atoms with van der Waals surface area (Å²) in [6.45, 7) is 4.04. The Morgan fingerprint density at radius 1 is 0.800 bits per heavy atom. The molecule has 0 aliphatic carbocycles. The van der Waals surface area contributed by atoms with Crippen LogP contribution in [0.25, 0.3) is 12.2 Å². The maximum absolute atomic E-state index is 13.3. The Morgan fingerprint density at radius 3 is 1.56 bits per heavy atom. The molecule has 0 unspecified atom stereocenters. The fourth-order valence-electron chi connectivity index (χ4n) is 2.40. The fourth-order valence-corrected chi connectivity index (χ4v) is 4.76. The first-order valence-electron chi connectivity index (χ1n) is 8.07. The third-order valence-electron chi connectivity index (χ3n) is 3.59. The maximum Gasteiger partial charge on any atom is 0.207 e. The Kier molecular flexibility index (Phi) is 7.23. The lowest BCUT2D eigenvalue weighted by Gasteiger charge is -2.12. The summed E-state index contributed by atoms with van der Waals surface area (Å²) in [7, 11) is -3.64. The molecule has 2 rings (SSSR count). The van der Waals surface area contributed by atoms with E-state index in [9.17, 15) is 8.42 Å². The van der Waals surface area contributed by atoms with Crippen LogP contribution < -0.4 is 0 Å². The van der Waals surface area contributed by atoms with Crippen LogP contribution in [0.5, 0.6) is 0 Å². The first-order chi connectivity index (χ1) is 11.9. The average molecular weight is 484 g/mol. The Labute approximate surface area is 166 Å². The van der Waals surface area contributed by atoms with Crippen molar-refractivity contribution in [2.45, 2.75) is 36.5 Å². The summed E-state index contributed by atoms with van der Waals surface area (Å²) in [6.07, 6.45) is 9.32. The monoisotopic (exact) mass is 482 g/mol. The standard InChI is InChI=1S/C20H20Br2O2S/c1-3-5-7-15-13-17(21)9-11-19(15)25(23,24)20-12-10-18(22)14-16(20)8-6-4-2/h5-14H,3-4H2,1-2H3. The van der Waals surface area contributed by atoms with Gasteiger partial charge in [-0.3, -0.25) is 0 Å². The molecular formula is C20H20Br2O2S. The zero-order valence-corrected chi connectivity index (χ0v) is 18.2. The van der Waals surface area contributed by atoms with Gasteiger partial charge in [-0.2, -0.15) is 0 Å². The van der Waals surface area contributed by atoms with Gasteiger partial charge in [-0.05, 0) is 60.4 Å². The van der Waals surface area contributed by atoms with Crippen LogP contribution in [0.1, 0.15) is 37.8 Å². The molecule has 2 aromatic rings. The van der Waals surface area contributed by atoms with Gasteiger partial charge in [0.05, 0.1) is 9.79 Å². The highest BCUT2D eigenvalue weighted by Gasteiger charge is 2.23. The Bertz CT molecular complexity index is 844. The largest absolute Gasteiger partial charge is 0.218 e. The Morgan fingerprint density at radius 2 is 1.20 bits per heavy atom. The molecule has 0 bridgehead atoms. The molecule has 2 nitrogen and oxygen atoms in total. The molecule has 2 aromatic carbocycles. The van der Waals surface area contributed by atoms with E-state index in [-0.39, 0.29) is 0 Å². The summed E-state index contributed by atoms with van der Waals surface area (Å²) in [4.78, 5) is 0.628. The topological polar surface area (TPSA) is 34.1 Å². The van der Waals surface area contributed by atoms with Gasteiger partial charge in [0.25, 0.3) is 0 Å². The van der Waals surface area contributed by atoms with Crippen LogP contribution >= 0.6 is 31.9 Å². The number of benzene rings is 2. The van der Waals surface area contributed by atoms with E-state index in [4.69, 9.17) is 0 Å². The second-order valence-electron chi connectivity index (χ2n) is 5.49. The lowest BCUT2D eigenvalue weighted by Crippen LogP contribution is -2.06. The molecule has 0 heterocycles. The number of hydrogen-bond acceptors (Lipinski definition) is 2. The van der Waals surface area contributed by atoms with Crippen LogP contribution in [0.15, 0.2) is 67.3 Å². The molecule has 0 aliphatic rings. The van der Waals surface area contributed by atoms with Gasteiger partial charge in [0.15, 0.2) is 0 Å². The lowest BCUT2D eigenvalue weighted by molar-refractivity contribution is 0.595. The van der Waals surface area contributed by atoms with Gasteiger partial charge in [0.1, 0.15) is 0 Å². The molecule has 0 atom stereocenters. The Hall–Kier alpha value is -1.17. The third-order valence-corrected chi connectivity index (χ3v) is 6.48. The van der Waals surface area contributed by atoms with Gasteiger partial charge in [-0.1, -0.05) is 70.0 Å². The minimum absolute atomic E-state index is 0.314. The van der Waals surface area contributed by atoms with E-state index >= 15 is 0 Å². The van der Waals surface area contributed by atoms with Gasteiger partial charge in [0.2, 0.25) is 9.84 Å². The summed E-state index contributed by atoms with van der Waals surface area (Å²) in [6, 6.07) is 10.5. The van der Waals surface area contributed by atoms with Crippen LogP contribution in [-0.4, -0.2) is 8.42 Å². The van der Waals surface area contributed by atoms with E-state index in [1.165, 1.54) is 0 Å². The van der Waals surface area contributed by atoms with Crippen LogP contribution in [0.3, 0.4) is 0 Å². The SMILES string of the molecule is CCC=Cc1cc(Br)ccc1S(=O)(=O)c1ccc(Br)cc1C=CCC. The van der Waals surface area contributed by atoms with E-state index in [2.05, 4.69) is 31.9 Å². The van der Waals surface area contributed by atoms with Crippen molar-refractivity contribution in [3.8, 4) is 0 Å². The van der Waals surface area contributed by atoms with E-state index < -0.39 is 9.84 Å². The minimum Gasteiger partial charge on any atom is -0.218 e. The predicted octanol–water partition coefficient (Wildman–Crippen LogP) is 6.89. The molecule has 132 valence electrons. The summed E-state index contributed by atoms with van der Waals surface area (Å²) in [5.41, 5.74) is 1.37. The second-order valence-corrected chi connectivity index (χ2v) is 9.21. The molecule has 0 saturated carbocycles. The number of sulfone groups is 1. The molecule has 0 saturated heterocycles. The quantitative estimate of drug-likeness (QED) is 0.448. The van der Waals surface area contributed by atoms with Crippen molar-refractivity contribution in [1.82, 2.24) is 0 Å². The summed E-state index contributed by atoms with van der Waals surface area (Å²) in [5, 5.41) is 0. The molecule has 0 spiro atoms. The molecule has 0 N–H and O–H groups in total. The van der Waals surface area contributed by atoms with E-state index in [1.54, 1.807) is 24.3 Å². The maximum atomic E-state index is 13.3. The highest BCUT2D eigenvalue weighted by Crippen LogP contribution is 2.31. The van der Waals surface area contributed by atoms with Crippen molar-refractivity contribution in [1.29, 1.82) is 0 Å². The Balaban J connectivity index is 2.68. The fraction of sp³-hybridized carbons (Fsp3) is 0.200. The van der Waals surface area contributed by atoms with Crippen molar-refractivity contribution in [2.24, 2.45) is 0 Å². The van der Waals surface area contributed by atoms with E-state index in [0.29, 0.717) is 20.9 Å². The zero-order valence-electron chi connectivity index (χ0n) is 14.2. The molecule has 5 heteroatoms. The van der Waals surface area contributed by atoms with E-state index in [1.807, 2.05) is 50.3 Å². The van der Waals surface area contributed by atoms with Crippen LogP contribution in [0, 0.1) is 0 Å². The number of allylic oxidation sites excluding steroid dienone is 2. The smallest absolute Gasteiger partial charge is 0.207 e. The van der Waals surface area contributed by atoms with E-state index in [0.717, 1.165) is 21.8 Å². The van der Waals surface area contributed by atoms with Gasteiger partial charge in [-0.25, -0.2) is 8.42 Å². The second kappa shape index (κ2) is 8.97. The van der Waals surface area contributed by atoms with Gasteiger partial charge in [-0.15, -0.1) is 0 Å². The van der Waals surface area contributed by atoms with Crippen molar-refractivity contribution in [3.05, 3.63) is 68.6 Å². The van der Waals surface area contributed by atoms with Crippen LogP contribution in [0.4, 0.5) is 0 Å². The van der Waals surface area contributed by atoms with Crippen molar-refractivity contribution in [3.63, 3.8) is 0 Å². The molecule has 0 aromatic heterocycles. The van der Waals surface area contributed by atoms with Crippen molar-refractivity contribution >= 4 is 53.8 Å². The number of halogens is 2. The molecule has 0 amide bonds. The van der Waals surface area contributed by atoms with Crippen LogP contribution in [0.2, 0.25) is 0 Å². The molecule has 25 heavy (non-hydrogen) atoms. The first-order valence-corrected chi connectivity index (χ1v) is 11.1. The third kappa shape index (κ3) is 4.93. The van der Waals surface area contributed by atoms with Gasteiger partial charge < -0.3 is 0 Å². The van der Waals surface area contributed by atoms with Gasteiger partial charge in [0, 0.05) is 8.95 Å². The molecular weight excluding hydrogens is 464 g/mol. The molecule has 0 radical (unpaired) electrons. The first kappa shape index (κ1) is 20.1. The highest BCUT2D eigenvalue weighted by molar-refractivity contribution is 9.10. The summed E-state index contributed by atoms with van der Waals surface area (Å²) in [5.74, 6) is 0. The van der Waals surface area contributed by atoms with Gasteiger partial charge >= 0.3 is 0 Å². The average Bonchev–Trinajstić information content (AvgIpc) is 2.57. The highest BCUT2D eigenvalue weighted by atomic mass is 79.9. The zero-order chi connectivity index (χ0) is 18.4. The van der Waals surface area contributed by atoms with Crippen LogP contribution in [-0.2, 0) is 9.84 Å². The lowest BCUT2D eigenvalue weighted by atomic mass is 10.2.